The topological polar surface area (TPSA) is 105 Å². The fourth-order valence-electron chi connectivity index (χ4n) is 3.70. The number of sulfonamides is 1. The number of rotatable bonds is 11. The summed E-state index contributed by atoms with van der Waals surface area (Å²) in [5.74, 6) is 0.823. The number of nitrogens with one attached hydrogen (secondary N) is 1. The number of methoxy groups -OCH3 is 1. The predicted molar refractivity (Wildman–Crippen MR) is 134 cm³/mol. The van der Waals surface area contributed by atoms with Crippen LogP contribution in [0.4, 0.5) is 4.79 Å². The first-order valence-corrected chi connectivity index (χ1v) is 13.3. The number of amides is 1. The number of hydrogen-bond acceptors (Lipinski definition) is 6. The maximum Gasteiger partial charge on any atom is 0.407 e. The van der Waals surface area contributed by atoms with E-state index in [2.05, 4.69) is 5.32 Å². The average molecular weight is 505 g/mol. The van der Waals surface area contributed by atoms with Gasteiger partial charge in [-0.15, -0.1) is 0 Å². The Morgan fingerprint density at radius 3 is 2.29 bits per heavy atom. The Balaban J connectivity index is 1.82. The highest BCUT2D eigenvalue weighted by molar-refractivity contribution is 7.89. The van der Waals surface area contributed by atoms with E-state index in [0.29, 0.717) is 18.7 Å². The van der Waals surface area contributed by atoms with Gasteiger partial charge in [0.2, 0.25) is 10.0 Å². The highest BCUT2D eigenvalue weighted by Gasteiger charge is 2.35. The Kier molecular flexibility index (Phi) is 8.79. The zero-order chi connectivity index (χ0) is 25.6. The SMILES string of the molecule is COc1ccc(S(=O)(=O)N(CC2CC2)C[C@@H](O)[C@H](Cc2ccccc2)NC(=O)OC(C)(C)C)cc1. The molecule has 1 aliphatic carbocycles. The molecule has 2 aromatic rings. The van der Waals surface area contributed by atoms with E-state index in [1.165, 1.54) is 23.5 Å². The molecule has 2 N–H and O–H groups in total. The van der Waals surface area contributed by atoms with Crippen LogP contribution in [-0.2, 0) is 21.2 Å². The van der Waals surface area contributed by atoms with Crippen molar-refractivity contribution in [2.45, 2.75) is 62.7 Å². The zero-order valence-corrected chi connectivity index (χ0v) is 21.6. The molecule has 192 valence electrons. The molecule has 35 heavy (non-hydrogen) atoms. The van der Waals surface area contributed by atoms with Gasteiger partial charge in [-0.25, -0.2) is 13.2 Å². The number of hydrogen-bond donors (Lipinski definition) is 2. The summed E-state index contributed by atoms with van der Waals surface area (Å²) in [6.45, 7) is 5.43. The second kappa shape index (κ2) is 11.4. The van der Waals surface area contributed by atoms with Gasteiger partial charge >= 0.3 is 6.09 Å². The summed E-state index contributed by atoms with van der Waals surface area (Å²) >= 11 is 0. The number of alkyl carbamates (subject to hydrolysis) is 1. The van der Waals surface area contributed by atoms with E-state index in [0.717, 1.165) is 18.4 Å². The molecule has 2 aromatic carbocycles. The lowest BCUT2D eigenvalue weighted by Gasteiger charge is -2.30. The van der Waals surface area contributed by atoms with Crippen molar-refractivity contribution in [3.05, 3.63) is 60.2 Å². The van der Waals surface area contributed by atoms with Crippen molar-refractivity contribution in [3.8, 4) is 5.75 Å². The van der Waals surface area contributed by atoms with Gasteiger partial charge in [0.15, 0.2) is 0 Å². The van der Waals surface area contributed by atoms with E-state index in [1.54, 1.807) is 32.9 Å². The van der Waals surface area contributed by atoms with Crippen molar-refractivity contribution < 1.29 is 27.8 Å². The molecule has 0 radical (unpaired) electrons. The lowest BCUT2D eigenvalue weighted by atomic mass is 10.0. The molecule has 0 heterocycles. The van der Waals surface area contributed by atoms with Crippen molar-refractivity contribution in [2.75, 3.05) is 20.2 Å². The lowest BCUT2D eigenvalue weighted by molar-refractivity contribution is 0.0401. The van der Waals surface area contributed by atoms with Crippen LogP contribution < -0.4 is 10.1 Å². The number of carbonyl (C=O) groups excluding carboxylic acids is 1. The number of nitrogens with zero attached hydrogens (tertiary/aromatic N) is 1. The molecule has 0 bridgehead atoms. The van der Waals surface area contributed by atoms with Crippen LogP contribution in [0.1, 0.15) is 39.2 Å². The van der Waals surface area contributed by atoms with Crippen LogP contribution in [0.25, 0.3) is 0 Å². The van der Waals surface area contributed by atoms with Crippen LogP contribution >= 0.6 is 0 Å². The molecule has 2 atom stereocenters. The normalized spacial score (nSPS) is 15.9. The van der Waals surface area contributed by atoms with E-state index >= 15 is 0 Å². The van der Waals surface area contributed by atoms with Gasteiger partial charge in [0.25, 0.3) is 0 Å². The standard InChI is InChI=1S/C26H36N2O6S/c1-26(2,3)34-25(30)27-23(16-19-8-6-5-7-9-19)24(29)18-28(17-20-10-11-20)35(31,32)22-14-12-21(33-4)13-15-22/h5-9,12-15,20,23-24,29H,10-11,16-18H2,1-4H3,(H,27,30)/t23-,24+/m0/s1. The van der Waals surface area contributed by atoms with Crippen molar-refractivity contribution >= 4 is 16.1 Å². The first-order valence-electron chi connectivity index (χ1n) is 11.8. The maximum atomic E-state index is 13.5. The molecule has 0 saturated heterocycles. The molecule has 1 saturated carbocycles. The fourth-order valence-corrected chi connectivity index (χ4v) is 5.24. The molecule has 3 rings (SSSR count). The molecule has 8 nitrogen and oxygen atoms in total. The second-order valence-electron chi connectivity index (χ2n) is 9.95. The molecule has 0 spiro atoms. The average Bonchev–Trinajstić information content (AvgIpc) is 3.62. The second-order valence-corrected chi connectivity index (χ2v) is 11.9. The van der Waals surface area contributed by atoms with Crippen LogP contribution in [0.15, 0.2) is 59.5 Å². The van der Waals surface area contributed by atoms with Crippen LogP contribution in [0, 0.1) is 5.92 Å². The van der Waals surface area contributed by atoms with Crippen LogP contribution in [-0.4, -0.2) is 61.9 Å². The monoisotopic (exact) mass is 504 g/mol. The molecule has 0 unspecified atom stereocenters. The maximum absolute atomic E-state index is 13.5. The minimum Gasteiger partial charge on any atom is -0.497 e. The van der Waals surface area contributed by atoms with E-state index in [9.17, 15) is 18.3 Å². The minimum atomic E-state index is -3.87. The van der Waals surface area contributed by atoms with Crippen molar-refractivity contribution in [2.24, 2.45) is 5.92 Å². The first-order chi connectivity index (χ1) is 16.5. The summed E-state index contributed by atoms with van der Waals surface area (Å²) in [7, 11) is -2.35. The number of aliphatic hydroxyl groups is 1. The van der Waals surface area contributed by atoms with Crippen molar-refractivity contribution in [1.29, 1.82) is 0 Å². The third-order valence-corrected chi connectivity index (χ3v) is 7.56. The quantitative estimate of drug-likeness (QED) is 0.485. The number of benzene rings is 2. The number of carbonyl (C=O) groups is 1. The Hall–Kier alpha value is -2.62. The highest BCUT2D eigenvalue weighted by atomic mass is 32.2. The number of aliphatic hydroxyl groups excluding tert-OH is 1. The highest BCUT2D eigenvalue weighted by Crippen LogP contribution is 2.32. The van der Waals surface area contributed by atoms with E-state index in [4.69, 9.17) is 9.47 Å². The minimum absolute atomic E-state index is 0.130. The van der Waals surface area contributed by atoms with Gasteiger partial charge in [-0.1, -0.05) is 30.3 Å². The summed E-state index contributed by atoms with van der Waals surface area (Å²) in [6, 6.07) is 14.9. The number of ether oxygens (including phenoxy) is 2. The Labute approximate surface area is 208 Å². The largest absolute Gasteiger partial charge is 0.497 e. The molecular weight excluding hydrogens is 468 g/mol. The predicted octanol–water partition coefficient (Wildman–Crippen LogP) is 3.59. The van der Waals surface area contributed by atoms with Crippen molar-refractivity contribution in [3.63, 3.8) is 0 Å². The molecule has 1 fully saturated rings. The van der Waals surface area contributed by atoms with Gasteiger partial charge in [0.05, 0.1) is 24.2 Å². The summed E-state index contributed by atoms with van der Waals surface area (Å²) < 4.78 is 38.8. The van der Waals surface area contributed by atoms with E-state index in [1.807, 2.05) is 30.3 Å². The first kappa shape index (κ1) is 27.0. The van der Waals surface area contributed by atoms with E-state index < -0.39 is 33.9 Å². The molecule has 9 heteroatoms. The summed E-state index contributed by atoms with van der Waals surface area (Å²) in [4.78, 5) is 12.7. The Morgan fingerprint density at radius 1 is 1.11 bits per heavy atom. The molecule has 0 aromatic heterocycles. The van der Waals surface area contributed by atoms with Crippen LogP contribution in [0.5, 0.6) is 5.75 Å². The van der Waals surface area contributed by atoms with Gasteiger partial charge < -0.3 is 19.9 Å². The molecule has 1 aliphatic rings. The third kappa shape index (κ3) is 8.23. The van der Waals surface area contributed by atoms with Crippen molar-refractivity contribution in [1.82, 2.24) is 9.62 Å². The van der Waals surface area contributed by atoms with Gasteiger partial charge in [-0.05, 0) is 75.8 Å². The molecule has 1 amide bonds. The van der Waals surface area contributed by atoms with Gasteiger partial charge in [0.1, 0.15) is 11.4 Å². The Morgan fingerprint density at radius 2 is 1.74 bits per heavy atom. The van der Waals surface area contributed by atoms with Crippen LogP contribution in [0.2, 0.25) is 0 Å². The summed E-state index contributed by atoms with van der Waals surface area (Å²) in [5.41, 5.74) is 0.196. The zero-order valence-electron chi connectivity index (χ0n) is 20.8. The van der Waals surface area contributed by atoms with Gasteiger partial charge in [-0.3, -0.25) is 0 Å². The fraction of sp³-hybridized carbons (Fsp3) is 0.500. The molecule has 0 aliphatic heterocycles. The summed E-state index contributed by atoms with van der Waals surface area (Å²) in [5, 5.41) is 14.0. The van der Waals surface area contributed by atoms with E-state index in [-0.39, 0.29) is 17.4 Å². The van der Waals surface area contributed by atoms with Crippen LogP contribution in [0.3, 0.4) is 0 Å². The van der Waals surface area contributed by atoms with Gasteiger partial charge in [0, 0.05) is 13.1 Å². The smallest absolute Gasteiger partial charge is 0.407 e. The Bertz CT molecular complexity index is 1060. The summed E-state index contributed by atoms with van der Waals surface area (Å²) in [6.07, 6.45) is 0.405. The third-order valence-electron chi connectivity index (χ3n) is 5.71. The molecular formula is C26H36N2O6S. The lowest BCUT2D eigenvalue weighted by Crippen LogP contribution is -2.51. The van der Waals surface area contributed by atoms with Gasteiger partial charge in [-0.2, -0.15) is 4.31 Å².